The normalized spacial score (nSPS) is 10.8. The van der Waals surface area contributed by atoms with Gasteiger partial charge < -0.3 is 20.1 Å². The summed E-state index contributed by atoms with van der Waals surface area (Å²) in [5, 5.41) is 5.44. The number of thioether (sulfide) groups is 1. The maximum atomic E-state index is 11.8. The van der Waals surface area contributed by atoms with Crippen molar-refractivity contribution in [2.75, 3.05) is 30.5 Å². The van der Waals surface area contributed by atoms with Gasteiger partial charge in [0.1, 0.15) is 11.4 Å². The molecule has 128 valence electrons. The summed E-state index contributed by atoms with van der Waals surface area (Å²) in [5.41, 5.74) is 0.190. The highest BCUT2D eigenvalue weighted by atomic mass is 32.2. The summed E-state index contributed by atoms with van der Waals surface area (Å²) in [6.07, 6.45) is -0.445. The molecule has 0 aliphatic rings. The van der Waals surface area contributed by atoms with Gasteiger partial charge in [-0.2, -0.15) is 11.8 Å². The molecule has 0 aliphatic heterocycles. The van der Waals surface area contributed by atoms with Gasteiger partial charge in [-0.3, -0.25) is 4.79 Å². The zero-order chi connectivity index (χ0) is 17.3. The average Bonchev–Trinajstić information content (AvgIpc) is 2.45. The number of anilines is 1. The van der Waals surface area contributed by atoms with E-state index in [1.807, 2.05) is 32.9 Å². The van der Waals surface area contributed by atoms with Crippen molar-refractivity contribution in [2.45, 2.75) is 26.4 Å². The summed E-state index contributed by atoms with van der Waals surface area (Å²) in [6.45, 7) is 5.88. The van der Waals surface area contributed by atoms with E-state index in [1.165, 1.54) is 11.8 Å². The molecule has 1 aromatic carbocycles. The summed E-state index contributed by atoms with van der Waals surface area (Å²) >= 11 is 1.44. The van der Waals surface area contributed by atoms with Crippen molar-refractivity contribution < 1.29 is 19.1 Å². The van der Waals surface area contributed by atoms with E-state index >= 15 is 0 Å². The second-order valence-corrected chi connectivity index (χ2v) is 6.87. The first kappa shape index (κ1) is 19.2. The van der Waals surface area contributed by atoms with E-state index < -0.39 is 11.7 Å². The Morgan fingerprint density at radius 3 is 2.65 bits per heavy atom. The number of amides is 2. The van der Waals surface area contributed by atoms with Crippen molar-refractivity contribution >= 4 is 29.4 Å². The van der Waals surface area contributed by atoms with Crippen LogP contribution in [0.4, 0.5) is 10.5 Å². The lowest BCUT2D eigenvalue weighted by Gasteiger charge is -2.19. The van der Waals surface area contributed by atoms with E-state index in [0.717, 1.165) is 0 Å². The molecule has 0 heterocycles. The zero-order valence-electron chi connectivity index (χ0n) is 14.0. The van der Waals surface area contributed by atoms with Crippen LogP contribution in [0.3, 0.4) is 0 Å². The monoisotopic (exact) mass is 340 g/mol. The van der Waals surface area contributed by atoms with Crippen LogP contribution in [0.2, 0.25) is 0 Å². The van der Waals surface area contributed by atoms with Gasteiger partial charge in [-0.15, -0.1) is 0 Å². The number of carbonyl (C=O) groups is 2. The minimum atomic E-state index is -0.506. The van der Waals surface area contributed by atoms with Crippen LogP contribution in [-0.4, -0.2) is 42.8 Å². The van der Waals surface area contributed by atoms with Gasteiger partial charge in [0.05, 0.1) is 12.9 Å². The summed E-state index contributed by atoms with van der Waals surface area (Å²) in [4.78, 5) is 23.2. The first-order valence-corrected chi connectivity index (χ1v) is 8.44. The molecule has 0 saturated carbocycles. The Balaban J connectivity index is 2.18. The second kappa shape index (κ2) is 9.29. The Labute approximate surface area is 141 Å². The van der Waals surface area contributed by atoms with Crippen LogP contribution in [0.1, 0.15) is 20.8 Å². The van der Waals surface area contributed by atoms with Crippen molar-refractivity contribution in [3.05, 3.63) is 24.3 Å². The zero-order valence-corrected chi connectivity index (χ0v) is 14.8. The first-order chi connectivity index (χ1) is 10.8. The third-order valence-electron chi connectivity index (χ3n) is 2.50. The Morgan fingerprint density at radius 2 is 2.00 bits per heavy atom. The molecule has 0 saturated heterocycles. The average molecular weight is 340 g/mol. The van der Waals surface area contributed by atoms with Crippen molar-refractivity contribution in [3.63, 3.8) is 0 Å². The third-order valence-corrected chi connectivity index (χ3v) is 3.46. The highest BCUT2D eigenvalue weighted by molar-refractivity contribution is 7.99. The lowest BCUT2D eigenvalue weighted by atomic mass is 10.2. The van der Waals surface area contributed by atoms with Crippen LogP contribution < -0.4 is 15.4 Å². The van der Waals surface area contributed by atoms with Crippen LogP contribution in [0.15, 0.2) is 24.3 Å². The summed E-state index contributed by atoms with van der Waals surface area (Å²) in [5.74, 6) is 1.54. The molecule has 2 amide bonds. The fraction of sp³-hybridized carbons (Fsp3) is 0.500. The van der Waals surface area contributed by atoms with Gasteiger partial charge in [0, 0.05) is 24.1 Å². The molecule has 0 aliphatic carbocycles. The number of alkyl carbamates (subject to hydrolysis) is 1. The maximum Gasteiger partial charge on any atom is 0.407 e. The molecule has 0 aromatic heterocycles. The lowest BCUT2D eigenvalue weighted by Crippen LogP contribution is -2.33. The number of hydrogen-bond acceptors (Lipinski definition) is 5. The largest absolute Gasteiger partial charge is 0.497 e. The number of rotatable bonds is 7. The number of hydrogen-bond donors (Lipinski definition) is 2. The van der Waals surface area contributed by atoms with Crippen molar-refractivity contribution in [1.29, 1.82) is 0 Å². The molecule has 0 atom stereocenters. The van der Waals surface area contributed by atoms with Gasteiger partial charge in [-0.25, -0.2) is 4.79 Å². The van der Waals surface area contributed by atoms with Crippen molar-refractivity contribution in [2.24, 2.45) is 0 Å². The molecule has 0 bridgehead atoms. The molecule has 0 spiro atoms. The van der Waals surface area contributed by atoms with Crippen LogP contribution >= 0.6 is 11.8 Å². The van der Waals surface area contributed by atoms with Gasteiger partial charge in [0.25, 0.3) is 0 Å². The van der Waals surface area contributed by atoms with Crippen LogP contribution in [-0.2, 0) is 9.53 Å². The molecule has 0 fully saturated rings. The molecule has 0 radical (unpaired) electrons. The standard InChI is InChI=1S/C16H24N2O4S/c1-16(2,3)22-15(20)17-8-9-23-11-14(19)18-12-6-5-7-13(10-12)21-4/h5-7,10H,8-9,11H2,1-4H3,(H,17,20)(H,18,19). The number of carbonyl (C=O) groups excluding carboxylic acids is 2. The molecule has 1 rings (SSSR count). The van der Waals surface area contributed by atoms with E-state index in [1.54, 1.807) is 19.2 Å². The number of methoxy groups -OCH3 is 1. The molecule has 0 unspecified atom stereocenters. The molecule has 2 N–H and O–H groups in total. The highest BCUT2D eigenvalue weighted by Crippen LogP contribution is 2.16. The number of ether oxygens (including phenoxy) is 2. The van der Waals surface area contributed by atoms with Gasteiger partial charge in [-0.05, 0) is 32.9 Å². The fourth-order valence-corrected chi connectivity index (χ4v) is 2.25. The van der Waals surface area contributed by atoms with Crippen molar-refractivity contribution in [3.8, 4) is 5.75 Å². The van der Waals surface area contributed by atoms with Gasteiger partial charge >= 0.3 is 6.09 Å². The Bertz CT molecular complexity index is 529. The van der Waals surface area contributed by atoms with E-state index in [9.17, 15) is 9.59 Å². The molecule has 6 nitrogen and oxygen atoms in total. The summed E-state index contributed by atoms with van der Waals surface area (Å²) in [6, 6.07) is 7.18. The van der Waals surface area contributed by atoms with Gasteiger partial charge in [0.15, 0.2) is 0 Å². The maximum absolute atomic E-state index is 11.8. The van der Waals surface area contributed by atoms with Gasteiger partial charge in [-0.1, -0.05) is 6.07 Å². The fourth-order valence-electron chi connectivity index (χ4n) is 1.60. The number of benzene rings is 1. The molecule has 1 aromatic rings. The Morgan fingerprint density at radius 1 is 1.26 bits per heavy atom. The van der Waals surface area contributed by atoms with Gasteiger partial charge in [0.2, 0.25) is 5.91 Å². The molecular formula is C16H24N2O4S. The minimum absolute atomic E-state index is 0.0967. The summed E-state index contributed by atoms with van der Waals surface area (Å²) in [7, 11) is 1.58. The van der Waals surface area contributed by atoms with Crippen LogP contribution in [0.5, 0.6) is 5.75 Å². The topological polar surface area (TPSA) is 76.7 Å². The quantitative estimate of drug-likeness (QED) is 0.746. The minimum Gasteiger partial charge on any atom is -0.497 e. The van der Waals surface area contributed by atoms with E-state index in [-0.39, 0.29) is 5.91 Å². The molecule has 23 heavy (non-hydrogen) atoms. The van der Waals surface area contributed by atoms with E-state index in [4.69, 9.17) is 9.47 Å². The lowest BCUT2D eigenvalue weighted by molar-refractivity contribution is -0.113. The predicted octanol–water partition coefficient (Wildman–Crippen LogP) is 2.89. The highest BCUT2D eigenvalue weighted by Gasteiger charge is 2.15. The number of nitrogens with one attached hydrogen (secondary N) is 2. The van der Waals surface area contributed by atoms with Crippen molar-refractivity contribution in [1.82, 2.24) is 5.32 Å². The Kier molecular flexibility index (Phi) is 7.74. The Hall–Kier alpha value is -1.89. The predicted molar refractivity (Wildman–Crippen MR) is 93.2 cm³/mol. The second-order valence-electron chi connectivity index (χ2n) is 5.76. The first-order valence-electron chi connectivity index (χ1n) is 7.28. The molecular weight excluding hydrogens is 316 g/mol. The van der Waals surface area contributed by atoms with Crippen LogP contribution in [0.25, 0.3) is 0 Å². The summed E-state index contributed by atoms with van der Waals surface area (Å²) < 4.78 is 10.2. The molecule has 7 heteroatoms. The SMILES string of the molecule is COc1cccc(NC(=O)CSCCNC(=O)OC(C)(C)C)c1. The van der Waals surface area contributed by atoms with Crippen LogP contribution in [0, 0.1) is 0 Å². The van der Waals surface area contributed by atoms with E-state index in [2.05, 4.69) is 10.6 Å². The third kappa shape index (κ3) is 8.97. The van der Waals surface area contributed by atoms with E-state index in [0.29, 0.717) is 29.5 Å². The smallest absolute Gasteiger partial charge is 0.407 e.